The van der Waals surface area contributed by atoms with Gasteiger partial charge < -0.3 is 9.64 Å². The second-order valence-electron chi connectivity index (χ2n) is 8.80. The van der Waals surface area contributed by atoms with E-state index in [2.05, 4.69) is 11.8 Å². The first-order chi connectivity index (χ1) is 17.2. The molecule has 36 heavy (non-hydrogen) atoms. The third-order valence-electron chi connectivity index (χ3n) is 6.19. The fraction of sp³-hybridized carbons (Fsp3) is 0.370. The van der Waals surface area contributed by atoms with Gasteiger partial charge in [0.1, 0.15) is 11.6 Å². The van der Waals surface area contributed by atoms with Crippen molar-refractivity contribution in [3.05, 3.63) is 75.4 Å². The van der Waals surface area contributed by atoms with Gasteiger partial charge in [-0.25, -0.2) is 9.97 Å². The van der Waals surface area contributed by atoms with E-state index in [1.807, 2.05) is 31.2 Å². The number of aromatic nitrogens is 2. The lowest BCUT2D eigenvalue weighted by Gasteiger charge is -2.29. The topological polar surface area (TPSA) is 55.3 Å². The quantitative estimate of drug-likeness (QED) is 0.392. The Morgan fingerprint density at radius 1 is 1.06 bits per heavy atom. The van der Waals surface area contributed by atoms with E-state index in [1.165, 1.54) is 12.1 Å². The number of hydrogen-bond donors (Lipinski definition) is 0. The van der Waals surface area contributed by atoms with Crippen LogP contribution in [0.1, 0.15) is 34.9 Å². The molecule has 0 unspecified atom stereocenters. The van der Waals surface area contributed by atoms with Crippen molar-refractivity contribution < 1.29 is 22.7 Å². The van der Waals surface area contributed by atoms with E-state index in [1.54, 1.807) is 0 Å². The number of ketones is 1. The summed E-state index contributed by atoms with van der Waals surface area (Å²) < 4.78 is 44.9. The van der Waals surface area contributed by atoms with E-state index in [0.29, 0.717) is 19.0 Å². The predicted molar refractivity (Wildman–Crippen MR) is 133 cm³/mol. The van der Waals surface area contributed by atoms with Gasteiger partial charge in [0.2, 0.25) is 0 Å². The summed E-state index contributed by atoms with van der Waals surface area (Å²) in [6.07, 6.45) is -3.85. The molecule has 2 heterocycles. The van der Waals surface area contributed by atoms with Gasteiger partial charge in [-0.15, -0.1) is 0 Å². The molecule has 0 saturated carbocycles. The fourth-order valence-electron chi connectivity index (χ4n) is 4.34. The molecular formula is C27H27ClF3N3O2. The molecule has 0 amide bonds. The molecule has 1 aliphatic heterocycles. The van der Waals surface area contributed by atoms with Crippen LogP contribution in [0, 0.1) is 6.92 Å². The Morgan fingerprint density at radius 2 is 1.75 bits per heavy atom. The Bertz CT molecular complexity index is 1260. The maximum atomic E-state index is 13.2. The number of Topliss-reactive ketones (excluding diaryl/α,β-unsaturated/α-hetero) is 1. The summed E-state index contributed by atoms with van der Waals surface area (Å²) in [4.78, 5) is 24.6. The summed E-state index contributed by atoms with van der Waals surface area (Å²) in [7, 11) is 0. The monoisotopic (exact) mass is 517 g/mol. The van der Waals surface area contributed by atoms with Crippen LogP contribution >= 0.6 is 11.6 Å². The second kappa shape index (κ2) is 11.0. The molecule has 0 aliphatic carbocycles. The Morgan fingerprint density at radius 3 is 2.42 bits per heavy atom. The summed E-state index contributed by atoms with van der Waals surface area (Å²) >= 11 is 5.69. The Kier molecular flexibility index (Phi) is 7.95. The highest BCUT2D eigenvalue weighted by molar-refractivity contribution is 6.31. The zero-order valence-corrected chi connectivity index (χ0v) is 20.9. The number of alkyl halides is 3. The van der Waals surface area contributed by atoms with E-state index in [0.717, 1.165) is 53.8 Å². The summed E-state index contributed by atoms with van der Waals surface area (Å²) in [5.74, 6) is 1.28. The molecule has 0 bridgehead atoms. The standard InChI is InChI=1S/C27H27ClF3N3O2/c1-3-24-17(2)26(34-9-11-36-12-10-34)33-25(32-24)20-6-4-5-18(13-20)14-21(35)15-19-7-8-23(28)22(16-19)27(29,30)31/h4-8,13,16H,3,9-12,14-15H2,1-2H3. The molecule has 0 atom stereocenters. The molecule has 3 aromatic rings. The van der Waals surface area contributed by atoms with Crippen molar-refractivity contribution in [1.82, 2.24) is 9.97 Å². The van der Waals surface area contributed by atoms with E-state index in [9.17, 15) is 18.0 Å². The average molecular weight is 518 g/mol. The lowest BCUT2D eigenvalue weighted by atomic mass is 9.99. The number of carbonyl (C=O) groups is 1. The number of anilines is 1. The Labute approximate surface area is 213 Å². The highest BCUT2D eigenvalue weighted by Crippen LogP contribution is 2.35. The SMILES string of the molecule is CCc1nc(-c2cccc(CC(=O)Cc3ccc(Cl)c(C(F)(F)F)c3)c2)nc(N2CCOCC2)c1C. The van der Waals surface area contributed by atoms with Gasteiger partial charge >= 0.3 is 6.18 Å². The highest BCUT2D eigenvalue weighted by atomic mass is 35.5. The van der Waals surface area contributed by atoms with Crippen molar-refractivity contribution in [2.24, 2.45) is 0 Å². The van der Waals surface area contributed by atoms with Gasteiger partial charge in [0.15, 0.2) is 5.82 Å². The molecule has 5 nitrogen and oxygen atoms in total. The van der Waals surface area contributed by atoms with E-state index >= 15 is 0 Å². The number of halogens is 4. The zero-order chi connectivity index (χ0) is 25.9. The first-order valence-electron chi connectivity index (χ1n) is 11.8. The third-order valence-corrected chi connectivity index (χ3v) is 6.52. The minimum Gasteiger partial charge on any atom is -0.378 e. The van der Waals surface area contributed by atoms with Gasteiger partial charge in [-0.3, -0.25) is 4.79 Å². The van der Waals surface area contributed by atoms with Gasteiger partial charge in [0, 0.05) is 42.8 Å². The van der Waals surface area contributed by atoms with Gasteiger partial charge in [-0.05, 0) is 42.7 Å². The highest BCUT2D eigenvalue weighted by Gasteiger charge is 2.33. The van der Waals surface area contributed by atoms with Crippen molar-refractivity contribution >= 4 is 23.2 Å². The molecule has 0 spiro atoms. The van der Waals surface area contributed by atoms with Crippen molar-refractivity contribution in [3.63, 3.8) is 0 Å². The van der Waals surface area contributed by atoms with Crippen molar-refractivity contribution in [1.29, 1.82) is 0 Å². The number of aryl methyl sites for hydroxylation is 1. The van der Waals surface area contributed by atoms with Crippen LogP contribution in [0.5, 0.6) is 0 Å². The van der Waals surface area contributed by atoms with Crippen LogP contribution in [-0.2, 0) is 35.0 Å². The Hall–Kier alpha value is -2.97. The number of ether oxygens (including phenoxy) is 1. The molecule has 1 aromatic heterocycles. The largest absolute Gasteiger partial charge is 0.417 e. The van der Waals surface area contributed by atoms with Crippen molar-refractivity contribution in [3.8, 4) is 11.4 Å². The van der Waals surface area contributed by atoms with Crippen molar-refractivity contribution in [2.45, 2.75) is 39.3 Å². The zero-order valence-electron chi connectivity index (χ0n) is 20.2. The van der Waals surface area contributed by atoms with E-state index < -0.39 is 11.7 Å². The lowest BCUT2D eigenvalue weighted by Crippen LogP contribution is -2.37. The minimum atomic E-state index is -4.57. The van der Waals surface area contributed by atoms with Gasteiger partial charge in [0.05, 0.1) is 23.8 Å². The minimum absolute atomic E-state index is 0.0840. The van der Waals surface area contributed by atoms with Crippen LogP contribution in [0.4, 0.5) is 19.0 Å². The molecule has 190 valence electrons. The first kappa shape index (κ1) is 26.1. The number of hydrogen-bond acceptors (Lipinski definition) is 5. The normalized spacial score (nSPS) is 14.2. The third kappa shape index (κ3) is 6.05. The maximum Gasteiger partial charge on any atom is 0.417 e. The van der Waals surface area contributed by atoms with Gasteiger partial charge in [-0.2, -0.15) is 13.2 Å². The number of rotatable bonds is 7. The van der Waals surface area contributed by atoms with Crippen molar-refractivity contribution in [2.75, 3.05) is 31.2 Å². The number of carbonyl (C=O) groups excluding carboxylic acids is 1. The summed E-state index contributed by atoms with van der Waals surface area (Å²) in [5.41, 5.74) is 2.89. The smallest absolute Gasteiger partial charge is 0.378 e. The number of morpholine rings is 1. The maximum absolute atomic E-state index is 13.2. The van der Waals surface area contributed by atoms with Crippen LogP contribution in [0.15, 0.2) is 42.5 Å². The molecule has 0 N–H and O–H groups in total. The molecule has 4 rings (SSSR count). The lowest BCUT2D eigenvalue weighted by molar-refractivity contribution is -0.137. The van der Waals surface area contributed by atoms with Crippen LogP contribution in [-0.4, -0.2) is 42.1 Å². The number of benzene rings is 2. The molecule has 1 aliphatic rings. The fourth-order valence-corrected chi connectivity index (χ4v) is 4.57. The molecular weight excluding hydrogens is 491 g/mol. The molecule has 9 heteroatoms. The molecule has 1 fully saturated rings. The Balaban J connectivity index is 1.55. The average Bonchev–Trinajstić information content (AvgIpc) is 2.85. The predicted octanol–water partition coefficient (Wildman–Crippen LogP) is 5.88. The van der Waals surface area contributed by atoms with Gasteiger partial charge in [-0.1, -0.05) is 42.8 Å². The molecule has 1 saturated heterocycles. The summed E-state index contributed by atoms with van der Waals surface area (Å²) in [5, 5.41) is -0.382. The van der Waals surface area contributed by atoms with Crippen LogP contribution < -0.4 is 4.90 Å². The molecule has 0 radical (unpaired) electrons. The number of nitrogens with zero attached hydrogens (tertiary/aromatic N) is 3. The second-order valence-corrected chi connectivity index (χ2v) is 9.21. The van der Waals surface area contributed by atoms with E-state index in [4.69, 9.17) is 26.3 Å². The summed E-state index contributed by atoms with van der Waals surface area (Å²) in [6, 6.07) is 11.0. The van der Waals surface area contributed by atoms with Crippen LogP contribution in [0.25, 0.3) is 11.4 Å². The first-order valence-corrected chi connectivity index (χ1v) is 12.2. The van der Waals surface area contributed by atoms with Crippen LogP contribution in [0.2, 0.25) is 5.02 Å². The molecule has 2 aromatic carbocycles. The van der Waals surface area contributed by atoms with Gasteiger partial charge in [0.25, 0.3) is 0 Å². The van der Waals surface area contributed by atoms with E-state index in [-0.39, 0.29) is 29.2 Å². The van der Waals surface area contributed by atoms with Crippen LogP contribution in [0.3, 0.4) is 0 Å². The summed E-state index contributed by atoms with van der Waals surface area (Å²) in [6.45, 7) is 6.90.